The molecular formula is C17H27NO3. The quantitative estimate of drug-likeness (QED) is 0.812. The second-order valence-electron chi connectivity index (χ2n) is 6.43. The maximum atomic E-state index is 11.8. The van der Waals surface area contributed by atoms with Crippen molar-refractivity contribution in [2.45, 2.75) is 46.6 Å². The molecule has 0 saturated carbocycles. The summed E-state index contributed by atoms with van der Waals surface area (Å²) in [5.41, 5.74) is 1.28. The van der Waals surface area contributed by atoms with E-state index in [9.17, 15) is 9.90 Å². The van der Waals surface area contributed by atoms with E-state index in [1.54, 1.807) is 6.92 Å². The maximum absolute atomic E-state index is 11.8. The molecule has 0 heterocycles. The van der Waals surface area contributed by atoms with Gasteiger partial charge in [0.2, 0.25) is 0 Å². The zero-order chi connectivity index (χ0) is 16.0. The predicted octanol–water partition coefficient (Wildman–Crippen LogP) is 2.60. The molecule has 0 aliphatic rings. The van der Waals surface area contributed by atoms with Crippen LogP contribution >= 0.6 is 0 Å². The molecule has 0 aliphatic carbocycles. The molecule has 0 fully saturated rings. The van der Waals surface area contributed by atoms with E-state index in [1.165, 1.54) is 0 Å². The van der Waals surface area contributed by atoms with E-state index < -0.39 is 5.60 Å². The molecule has 1 unspecified atom stereocenters. The van der Waals surface area contributed by atoms with Crippen molar-refractivity contribution in [3.63, 3.8) is 0 Å². The van der Waals surface area contributed by atoms with Crippen molar-refractivity contribution in [2.75, 3.05) is 13.2 Å². The third-order valence-electron chi connectivity index (χ3n) is 3.20. The molecule has 1 atom stereocenters. The highest BCUT2D eigenvalue weighted by molar-refractivity contribution is 5.77. The Morgan fingerprint density at radius 2 is 2.05 bits per heavy atom. The van der Waals surface area contributed by atoms with Crippen LogP contribution in [0.1, 0.15) is 38.3 Å². The van der Waals surface area contributed by atoms with E-state index in [0.29, 0.717) is 18.1 Å². The van der Waals surface area contributed by atoms with E-state index in [4.69, 9.17) is 4.74 Å². The van der Waals surface area contributed by atoms with Crippen LogP contribution in [0.4, 0.5) is 0 Å². The fourth-order valence-corrected chi connectivity index (χ4v) is 2.40. The lowest BCUT2D eigenvalue weighted by Crippen LogP contribution is -2.43. The van der Waals surface area contributed by atoms with E-state index in [1.807, 2.05) is 45.9 Å². The Hall–Kier alpha value is -1.55. The van der Waals surface area contributed by atoms with Crippen LogP contribution in [-0.4, -0.2) is 29.8 Å². The van der Waals surface area contributed by atoms with Crippen LogP contribution in [-0.2, 0) is 4.79 Å². The molecule has 0 radical (unpaired) electrons. The number of carbonyl (C=O) groups is 1. The summed E-state index contributed by atoms with van der Waals surface area (Å²) in [6.07, 6.45) is 0.644. The number of aliphatic hydroxyl groups is 1. The molecule has 21 heavy (non-hydrogen) atoms. The van der Waals surface area contributed by atoms with Gasteiger partial charge < -0.3 is 15.2 Å². The van der Waals surface area contributed by atoms with Gasteiger partial charge in [0, 0.05) is 6.54 Å². The Kier molecular flexibility index (Phi) is 6.21. The van der Waals surface area contributed by atoms with Crippen molar-refractivity contribution in [3.05, 3.63) is 29.3 Å². The molecule has 0 bridgehead atoms. The number of rotatable bonds is 7. The summed E-state index contributed by atoms with van der Waals surface area (Å²) in [5, 5.41) is 12.9. The van der Waals surface area contributed by atoms with Crippen molar-refractivity contribution < 1.29 is 14.6 Å². The van der Waals surface area contributed by atoms with Crippen molar-refractivity contribution >= 4 is 5.91 Å². The SMILES string of the molecule is Cc1ccc(OCC(=O)NCC(C)(O)CC(C)C)c(C)c1. The summed E-state index contributed by atoms with van der Waals surface area (Å²) in [6, 6.07) is 5.83. The van der Waals surface area contributed by atoms with Gasteiger partial charge in [-0.1, -0.05) is 31.5 Å². The van der Waals surface area contributed by atoms with E-state index in [2.05, 4.69) is 5.32 Å². The minimum atomic E-state index is -0.885. The van der Waals surface area contributed by atoms with Crippen LogP contribution in [0.15, 0.2) is 18.2 Å². The van der Waals surface area contributed by atoms with Gasteiger partial charge in [-0.05, 0) is 44.7 Å². The van der Waals surface area contributed by atoms with Crippen LogP contribution in [0.3, 0.4) is 0 Å². The lowest BCUT2D eigenvalue weighted by Gasteiger charge is -2.25. The molecule has 0 spiro atoms. The van der Waals surface area contributed by atoms with E-state index in [-0.39, 0.29) is 19.1 Å². The summed E-state index contributed by atoms with van der Waals surface area (Å²) in [5.74, 6) is 0.868. The maximum Gasteiger partial charge on any atom is 0.258 e. The first kappa shape index (κ1) is 17.5. The molecule has 1 amide bonds. The van der Waals surface area contributed by atoms with Gasteiger partial charge in [0.1, 0.15) is 5.75 Å². The average Bonchev–Trinajstić information content (AvgIpc) is 2.34. The predicted molar refractivity (Wildman–Crippen MR) is 84.5 cm³/mol. The summed E-state index contributed by atoms with van der Waals surface area (Å²) in [6.45, 7) is 9.98. The molecular weight excluding hydrogens is 266 g/mol. The molecule has 1 aromatic carbocycles. The number of amides is 1. The average molecular weight is 293 g/mol. The standard InChI is InChI=1S/C17H27NO3/c1-12(2)9-17(5,20)11-18-16(19)10-21-15-7-6-13(3)8-14(15)4/h6-8,12,20H,9-11H2,1-5H3,(H,18,19). The van der Waals surface area contributed by atoms with Crippen molar-refractivity contribution in [1.82, 2.24) is 5.32 Å². The van der Waals surface area contributed by atoms with Gasteiger partial charge in [0.25, 0.3) is 5.91 Å². The summed E-state index contributed by atoms with van der Waals surface area (Å²) < 4.78 is 5.51. The first-order chi connectivity index (χ1) is 9.69. The van der Waals surface area contributed by atoms with Crippen molar-refractivity contribution in [1.29, 1.82) is 0 Å². The fourth-order valence-electron chi connectivity index (χ4n) is 2.40. The zero-order valence-electron chi connectivity index (χ0n) is 13.7. The highest BCUT2D eigenvalue weighted by atomic mass is 16.5. The Morgan fingerprint density at radius 1 is 1.38 bits per heavy atom. The minimum Gasteiger partial charge on any atom is -0.484 e. The molecule has 4 heteroatoms. The van der Waals surface area contributed by atoms with Crippen molar-refractivity contribution in [3.8, 4) is 5.75 Å². The lowest BCUT2D eigenvalue weighted by atomic mass is 9.94. The number of hydrogen-bond acceptors (Lipinski definition) is 3. The van der Waals surface area contributed by atoms with Crippen LogP contribution in [0.5, 0.6) is 5.75 Å². The minimum absolute atomic E-state index is 0.0400. The van der Waals surface area contributed by atoms with Gasteiger partial charge in [-0.3, -0.25) is 4.79 Å². The number of benzene rings is 1. The molecule has 1 rings (SSSR count). The Labute approximate surface area is 127 Å². The Morgan fingerprint density at radius 3 is 2.62 bits per heavy atom. The van der Waals surface area contributed by atoms with E-state index in [0.717, 1.165) is 11.1 Å². The molecule has 0 aliphatic heterocycles. The normalized spacial score (nSPS) is 13.9. The Balaban J connectivity index is 2.41. The Bertz CT molecular complexity index is 481. The smallest absolute Gasteiger partial charge is 0.258 e. The summed E-state index contributed by atoms with van der Waals surface area (Å²) in [4.78, 5) is 11.8. The second-order valence-corrected chi connectivity index (χ2v) is 6.43. The number of nitrogens with one attached hydrogen (secondary N) is 1. The zero-order valence-corrected chi connectivity index (χ0v) is 13.7. The number of ether oxygens (including phenoxy) is 1. The summed E-state index contributed by atoms with van der Waals surface area (Å²) >= 11 is 0. The third kappa shape index (κ3) is 6.63. The highest BCUT2D eigenvalue weighted by Crippen LogP contribution is 2.18. The molecule has 0 saturated heterocycles. The first-order valence-electron chi connectivity index (χ1n) is 7.39. The van der Waals surface area contributed by atoms with Gasteiger partial charge >= 0.3 is 0 Å². The number of aryl methyl sites for hydroxylation is 2. The number of carbonyl (C=O) groups excluding carboxylic acids is 1. The van der Waals surface area contributed by atoms with E-state index >= 15 is 0 Å². The van der Waals surface area contributed by atoms with Crippen LogP contribution in [0.2, 0.25) is 0 Å². The first-order valence-corrected chi connectivity index (χ1v) is 7.39. The third-order valence-corrected chi connectivity index (χ3v) is 3.20. The van der Waals surface area contributed by atoms with Gasteiger partial charge in [-0.2, -0.15) is 0 Å². The van der Waals surface area contributed by atoms with Gasteiger partial charge in [-0.25, -0.2) is 0 Å². The molecule has 2 N–H and O–H groups in total. The van der Waals surface area contributed by atoms with Gasteiger partial charge in [0.15, 0.2) is 6.61 Å². The van der Waals surface area contributed by atoms with Crippen LogP contribution in [0, 0.1) is 19.8 Å². The molecule has 4 nitrogen and oxygen atoms in total. The topological polar surface area (TPSA) is 58.6 Å². The highest BCUT2D eigenvalue weighted by Gasteiger charge is 2.22. The summed E-state index contributed by atoms with van der Waals surface area (Å²) in [7, 11) is 0. The number of hydrogen-bond donors (Lipinski definition) is 2. The van der Waals surface area contributed by atoms with Gasteiger partial charge in [-0.15, -0.1) is 0 Å². The largest absolute Gasteiger partial charge is 0.484 e. The van der Waals surface area contributed by atoms with Gasteiger partial charge in [0.05, 0.1) is 5.60 Å². The lowest BCUT2D eigenvalue weighted by molar-refractivity contribution is -0.124. The van der Waals surface area contributed by atoms with Crippen LogP contribution in [0.25, 0.3) is 0 Å². The molecule has 0 aromatic heterocycles. The second kappa shape index (κ2) is 7.46. The molecule has 118 valence electrons. The fraction of sp³-hybridized carbons (Fsp3) is 0.588. The van der Waals surface area contributed by atoms with Crippen molar-refractivity contribution in [2.24, 2.45) is 5.92 Å². The molecule has 1 aromatic rings. The monoisotopic (exact) mass is 293 g/mol. The van der Waals surface area contributed by atoms with Crippen LogP contribution < -0.4 is 10.1 Å².